The van der Waals surface area contributed by atoms with Gasteiger partial charge in [-0.2, -0.15) is 4.98 Å². The number of piperazine rings is 1. The van der Waals surface area contributed by atoms with E-state index in [0.29, 0.717) is 59.2 Å². The highest BCUT2D eigenvalue weighted by Crippen LogP contribution is 2.37. The van der Waals surface area contributed by atoms with Gasteiger partial charge in [-0.3, -0.25) is 14.6 Å². The minimum atomic E-state index is -3.31. The van der Waals surface area contributed by atoms with E-state index in [-0.39, 0.29) is 35.9 Å². The van der Waals surface area contributed by atoms with Crippen molar-refractivity contribution in [2.75, 3.05) is 60.4 Å². The van der Waals surface area contributed by atoms with Gasteiger partial charge in [-0.25, -0.2) is 18.1 Å². The van der Waals surface area contributed by atoms with Gasteiger partial charge in [0.15, 0.2) is 6.73 Å². The third-order valence-electron chi connectivity index (χ3n) is 6.40. The number of carbonyl (C=O) groups excluding carboxylic acids is 1. The Morgan fingerprint density at radius 2 is 1.75 bits per heavy atom. The lowest BCUT2D eigenvalue weighted by Crippen LogP contribution is -2.49. The highest BCUT2D eigenvalue weighted by molar-refractivity contribution is 7.89. The van der Waals surface area contributed by atoms with Gasteiger partial charge in [0.1, 0.15) is 11.4 Å². The summed E-state index contributed by atoms with van der Waals surface area (Å²) in [6.07, 6.45) is 1.38. The quantitative estimate of drug-likeness (QED) is 0.379. The number of nitrogens with zero attached hydrogens (tertiary/aromatic N) is 5. The van der Waals surface area contributed by atoms with Crippen LogP contribution in [0.2, 0.25) is 15.1 Å². The normalized spacial score (nSPS) is 16.1. The Bertz CT molecular complexity index is 1510. The van der Waals surface area contributed by atoms with Crippen LogP contribution in [0.3, 0.4) is 0 Å². The summed E-state index contributed by atoms with van der Waals surface area (Å²) in [5.41, 5.74) is 2.03. The van der Waals surface area contributed by atoms with Crippen LogP contribution in [-0.4, -0.2) is 74.5 Å². The minimum absolute atomic E-state index is 0.0207. The summed E-state index contributed by atoms with van der Waals surface area (Å²) in [4.78, 5) is 27.1. The van der Waals surface area contributed by atoms with Crippen LogP contribution >= 0.6 is 34.8 Å². The van der Waals surface area contributed by atoms with E-state index in [9.17, 15) is 13.2 Å². The summed E-state index contributed by atoms with van der Waals surface area (Å²) in [6.45, 7) is 4.51. The number of hydrogen-bond donors (Lipinski definition) is 2. The van der Waals surface area contributed by atoms with Crippen molar-refractivity contribution >= 4 is 73.7 Å². The summed E-state index contributed by atoms with van der Waals surface area (Å²) in [7, 11) is -3.31. The minimum Gasteiger partial charge on any atom is -0.455 e. The number of rotatable bonds is 8. The lowest BCUT2D eigenvalue weighted by atomic mass is 10.2. The molecule has 212 valence electrons. The molecule has 1 fully saturated rings. The molecule has 0 saturated carbocycles. The third kappa shape index (κ3) is 6.22. The molecule has 0 spiro atoms. The van der Waals surface area contributed by atoms with Crippen molar-refractivity contribution in [3.63, 3.8) is 0 Å². The first-order chi connectivity index (χ1) is 19.1. The molecule has 40 heavy (non-hydrogen) atoms. The molecular weight excluding hydrogens is 601 g/mol. The van der Waals surface area contributed by atoms with Crippen molar-refractivity contribution in [3.05, 3.63) is 63.2 Å². The smallest absolute Gasteiger partial charge is 0.268 e. The number of anilines is 4. The number of halogens is 3. The summed E-state index contributed by atoms with van der Waals surface area (Å²) in [5.74, 6) is -0.0315. The number of carbonyl (C=O) groups is 1. The highest BCUT2D eigenvalue weighted by atomic mass is 35.5. The van der Waals surface area contributed by atoms with Crippen molar-refractivity contribution in [3.8, 4) is 5.88 Å². The molecule has 1 amide bonds. The predicted octanol–water partition coefficient (Wildman–Crippen LogP) is 4.20. The van der Waals surface area contributed by atoms with Crippen molar-refractivity contribution in [2.24, 2.45) is 0 Å². The Morgan fingerprint density at radius 1 is 1.02 bits per heavy atom. The fourth-order valence-corrected chi connectivity index (χ4v) is 6.69. The number of para-hydroxylation sites is 1. The van der Waals surface area contributed by atoms with E-state index >= 15 is 0 Å². The van der Waals surface area contributed by atoms with Crippen LogP contribution in [0.5, 0.6) is 5.88 Å². The lowest BCUT2D eigenvalue weighted by Gasteiger charge is -2.36. The number of amides is 1. The van der Waals surface area contributed by atoms with E-state index < -0.39 is 10.0 Å². The fourth-order valence-electron chi connectivity index (χ4n) is 4.52. The molecule has 0 atom stereocenters. The molecule has 3 heterocycles. The number of ether oxygens (including phenoxy) is 1. The van der Waals surface area contributed by atoms with Crippen molar-refractivity contribution < 1.29 is 17.9 Å². The maximum atomic E-state index is 13.1. The van der Waals surface area contributed by atoms with E-state index in [1.807, 2.05) is 17.0 Å². The molecule has 2 aliphatic heterocycles. The molecule has 11 nitrogen and oxygen atoms in total. The standard InChI is InChI=1S/C25H26Cl3N7O4S/c1-2-30-40(37,38)15-33-8-10-34(11-9-33)21-7-6-16(12-20(21)28)31-25-29-13-17-23(32-25)39-14-35(24(17)36)22-18(26)4-3-5-19(22)27/h3-7,12-13,30H,2,8-11,14-15H2,1H3,(H,29,31,32). The summed E-state index contributed by atoms with van der Waals surface area (Å²) >= 11 is 19.1. The van der Waals surface area contributed by atoms with E-state index in [4.69, 9.17) is 39.5 Å². The average molecular weight is 627 g/mol. The third-order valence-corrected chi connectivity index (χ3v) is 8.75. The zero-order valence-corrected chi connectivity index (χ0v) is 24.5. The van der Waals surface area contributed by atoms with Gasteiger partial charge in [0.25, 0.3) is 5.91 Å². The Labute approximate surface area is 247 Å². The maximum absolute atomic E-state index is 13.1. The second-order valence-electron chi connectivity index (χ2n) is 9.13. The molecular formula is C25H26Cl3N7O4S. The average Bonchev–Trinajstić information content (AvgIpc) is 2.90. The molecule has 3 aromatic rings. The van der Waals surface area contributed by atoms with E-state index in [1.54, 1.807) is 31.2 Å². The number of benzene rings is 2. The molecule has 1 aromatic heterocycles. The Hall–Kier alpha value is -2.87. The second-order valence-corrected chi connectivity index (χ2v) is 12.1. The fraction of sp³-hybridized carbons (Fsp3) is 0.320. The van der Waals surface area contributed by atoms with Crippen LogP contribution in [0.1, 0.15) is 17.3 Å². The molecule has 2 aliphatic rings. The van der Waals surface area contributed by atoms with E-state index in [0.717, 1.165) is 5.69 Å². The van der Waals surface area contributed by atoms with Gasteiger partial charge >= 0.3 is 0 Å². The summed E-state index contributed by atoms with van der Waals surface area (Å²) in [6, 6.07) is 10.5. The number of nitrogens with one attached hydrogen (secondary N) is 2. The molecule has 1 saturated heterocycles. The number of hydrogen-bond acceptors (Lipinski definition) is 9. The van der Waals surface area contributed by atoms with Crippen LogP contribution < -0.4 is 24.6 Å². The molecule has 2 N–H and O–H groups in total. The molecule has 5 rings (SSSR count). The number of aromatic nitrogens is 2. The largest absolute Gasteiger partial charge is 0.455 e. The van der Waals surface area contributed by atoms with Crippen molar-refractivity contribution in [2.45, 2.75) is 6.92 Å². The summed E-state index contributed by atoms with van der Waals surface area (Å²) in [5, 5.41) is 4.27. The van der Waals surface area contributed by atoms with Gasteiger partial charge in [0, 0.05) is 44.6 Å². The Kier molecular flexibility index (Phi) is 8.55. The predicted molar refractivity (Wildman–Crippen MR) is 157 cm³/mol. The number of sulfonamides is 1. The lowest BCUT2D eigenvalue weighted by molar-refractivity contribution is 0.0932. The topological polar surface area (TPSA) is 120 Å². The van der Waals surface area contributed by atoms with Crippen LogP contribution in [0, 0.1) is 0 Å². The van der Waals surface area contributed by atoms with Crippen LogP contribution in [-0.2, 0) is 10.0 Å². The molecule has 0 unspecified atom stereocenters. The van der Waals surface area contributed by atoms with Crippen LogP contribution in [0.25, 0.3) is 0 Å². The van der Waals surface area contributed by atoms with Crippen LogP contribution in [0.15, 0.2) is 42.6 Å². The second kappa shape index (κ2) is 11.9. The zero-order valence-electron chi connectivity index (χ0n) is 21.4. The summed E-state index contributed by atoms with van der Waals surface area (Å²) < 4.78 is 32.4. The molecule has 0 bridgehead atoms. The monoisotopic (exact) mass is 625 g/mol. The maximum Gasteiger partial charge on any atom is 0.268 e. The number of fused-ring (bicyclic) bond motifs is 1. The van der Waals surface area contributed by atoms with Crippen LogP contribution in [0.4, 0.5) is 23.0 Å². The molecule has 15 heteroatoms. The van der Waals surface area contributed by atoms with E-state index in [2.05, 4.69) is 24.9 Å². The van der Waals surface area contributed by atoms with E-state index in [1.165, 1.54) is 11.1 Å². The molecule has 0 radical (unpaired) electrons. The Morgan fingerprint density at radius 3 is 2.42 bits per heavy atom. The Balaban J connectivity index is 1.24. The SMILES string of the molecule is CCNS(=O)(=O)CN1CCN(c2ccc(Nc3ncc4c(n3)OCN(c3c(Cl)cccc3Cl)C4=O)cc2Cl)CC1. The van der Waals surface area contributed by atoms with Crippen molar-refractivity contribution in [1.29, 1.82) is 0 Å². The zero-order chi connectivity index (χ0) is 28.4. The van der Waals surface area contributed by atoms with Gasteiger partial charge in [-0.15, -0.1) is 0 Å². The molecule has 2 aromatic carbocycles. The van der Waals surface area contributed by atoms with Gasteiger partial charge < -0.3 is 15.0 Å². The highest BCUT2D eigenvalue weighted by Gasteiger charge is 2.31. The van der Waals surface area contributed by atoms with Gasteiger partial charge in [0.2, 0.25) is 21.9 Å². The van der Waals surface area contributed by atoms with Gasteiger partial charge in [-0.05, 0) is 30.3 Å². The first-order valence-corrected chi connectivity index (χ1v) is 15.2. The van der Waals surface area contributed by atoms with Gasteiger partial charge in [0.05, 0.1) is 26.4 Å². The first-order valence-electron chi connectivity index (χ1n) is 12.4. The van der Waals surface area contributed by atoms with Crippen molar-refractivity contribution in [1.82, 2.24) is 19.6 Å². The van der Waals surface area contributed by atoms with Gasteiger partial charge in [-0.1, -0.05) is 47.8 Å². The molecule has 0 aliphatic carbocycles. The first kappa shape index (κ1) is 28.7.